The average molecular weight is 445 g/mol. The van der Waals surface area contributed by atoms with Gasteiger partial charge in [0.1, 0.15) is 17.6 Å². The van der Waals surface area contributed by atoms with Gasteiger partial charge in [-0.05, 0) is 71.6 Å². The molecule has 0 radical (unpaired) electrons. The second kappa shape index (κ2) is 9.55. The first-order valence-corrected chi connectivity index (χ1v) is 11.8. The predicted octanol–water partition coefficient (Wildman–Crippen LogP) is 1.18. The van der Waals surface area contributed by atoms with Gasteiger partial charge in [-0.3, -0.25) is 25.6 Å². The number of hydrogen-bond acceptors (Lipinski definition) is 6. The zero-order chi connectivity index (χ0) is 23.0. The molecule has 0 bridgehead atoms. The zero-order valence-corrected chi connectivity index (χ0v) is 19.5. The third kappa shape index (κ3) is 6.35. The number of nitrogens with two attached hydrogens (primary N) is 2. The highest BCUT2D eigenvalue weighted by Crippen LogP contribution is 2.43. The van der Waals surface area contributed by atoms with Crippen molar-refractivity contribution in [2.24, 2.45) is 29.2 Å². The van der Waals surface area contributed by atoms with Crippen molar-refractivity contribution in [1.29, 1.82) is 0 Å². The molecule has 3 aliphatic rings. The molecule has 1 saturated carbocycles. The topological polar surface area (TPSA) is 108 Å². The molecular weight excluding hydrogens is 402 g/mol. The van der Waals surface area contributed by atoms with Crippen molar-refractivity contribution >= 4 is 5.91 Å². The Labute approximate surface area is 185 Å². The van der Waals surface area contributed by atoms with Crippen LogP contribution < -0.4 is 27.4 Å². The molecule has 9 heteroatoms. The lowest BCUT2D eigenvalue weighted by molar-refractivity contribution is -0.125. The molecule has 1 amide bonds. The highest BCUT2D eigenvalue weighted by atomic mass is 19.1. The smallest absolute Gasteiger partial charge is 0.224 e. The third-order valence-corrected chi connectivity index (χ3v) is 7.55. The minimum absolute atomic E-state index is 0.101. The van der Waals surface area contributed by atoms with Crippen LogP contribution in [-0.2, 0) is 4.79 Å². The lowest BCUT2D eigenvalue weighted by atomic mass is 9.68. The average Bonchev–Trinajstić information content (AvgIpc) is 2.66. The van der Waals surface area contributed by atoms with Crippen LogP contribution in [-0.4, -0.2) is 66.3 Å². The molecule has 7 N–H and O–H groups in total. The maximum Gasteiger partial charge on any atom is 0.224 e. The highest BCUT2D eigenvalue weighted by molar-refractivity contribution is 5.77. The third-order valence-electron chi connectivity index (χ3n) is 7.55. The molecule has 0 aromatic carbocycles. The van der Waals surface area contributed by atoms with Gasteiger partial charge in [0.2, 0.25) is 5.91 Å². The number of piperidine rings is 1. The van der Waals surface area contributed by atoms with Crippen molar-refractivity contribution in [2.75, 3.05) is 19.6 Å². The summed E-state index contributed by atoms with van der Waals surface area (Å²) in [7, 11) is 0. The van der Waals surface area contributed by atoms with Crippen molar-refractivity contribution in [3.63, 3.8) is 0 Å². The number of nitrogens with zero attached hydrogens (tertiary/aromatic N) is 1. The number of carbonyl (C=O) groups excluding carboxylic acids is 1. The molecule has 1 aliphatic carbocycles. The minimum atomic E-state index is -1.39. The van der Waals surface area contributed by atoms with Gasteiger partial charge in [-0.1, -0.05) is 0 Å². The fraction of sp³-hybridized carbons (Fsp3) is 0.955. The largest absolute Gasteiger partial charge is 0.369 e. The summed E-state index contributed by atoms with van der Waals surface area (Å²) in [4.78, 5) is 14.4. The maximum absolute atomic E-state index is 14.9. The summed E-state index contributed by atoms with van der Waals surface area (Å²) in [6.45, 7) is 8.45. The Morgan fingerprint density at radius 3 is 2.23 bits per heavy atom. The van der Waals surface area contributed by atoms with Crippen molar-refractivity contribution in [3.8, 4) is 0 Å². The molecular formula is C22H42F2N6O. The Kier molecular flexibility index (Phi) is 7.63. The maximum atomic E-state index is 14.9. The van der Waals surface area contributed by atoms with Gasteiger partial charge in [-0.2, -0.15) is 0 Å². The Bertz CT molecular complexity index is 600. The predicted molar refractivity (Wildman–Crippen MR) is 118 cm³/mol. The van der Waals surface area contributed by atoms with Crippen LogP contribution in [0.3, 0.4) is 0 Å². The number of nitrogens with one attached hydrogen (secondary N) is 3. The summed E-state index contributed by atoms with van der Waals surface area (Å²) in [5.41, 5.74) is 9.06. The van der Waals surface area contributed by atoms with Gasteiger partial charge in [-0.15, -0.1) is 0 Å². The van der Waals surface area contributed by atoms with E-state index in [-0.39, 0.29) is 36.4 Å². The van der Waals surface area contributed by atoms with Crippen LogP contribution in [0.25, 0.3) is 0 Å². The van der Waals surface area contributed by atoms with E-state index in [1.54, 1.807) is 27.7 Å². The fourth-order valence-corrected chi connectivity index (χ4v) is 5.47. The quantitative estimate of drug-likeness (QED) is 0.421. The summed E-state index contributed by atoms with van der Waals surface area (Å²) >= 11 is 0. The number of amides is 1. The van der Waals surface area contributed by atoms with Crippen LogP contribution in [0.1, 0.15) is 59.8 Å². The van der Waals surface area contributed by atoms with Crippen LogP contribution >= 0.6 is 0 Å². The SMILES string of the molecule is CC(C)(F)C1CC(NC2NC(N3CCC[C@H](N)C3)NCC2C(N)=O)CC(C(C)(C)F)C1. The van der Waals surface area contributed by atoms with E-state index in [9.17, 15) is 13.6 Å². The summed E-state index contributed by atoms with van der Waals surface area (Å²) in [6, 6.07) is 0.0339. The van der Waals surface area contributed by atoms with Gasteiger partial charge in [-0.25, -0.2) is 8.78 Å². The number of halogens is 2. The van der Waals surface area contributed by atoms with Crippen LogP contribution in [0, 0.1) is 17.8 Å². The first-order valence-electron chi connectivity index (χ1n) is 11.8. The van der Waals surface area contributed by atoms with Crippen LogP contribution in [0.2, 0.25) is 0 Å². The monoisotopic (exact) mass is 444 g/mol. The molecule has 2 heterocycles. The van der Waals surface area contributed by atoms with E-state index in [0.29, 0.717) is 25.8 Å². The summed E-state index contributed by atoms with van der Waals surface area (Å²) < 4.78 is 29.7. The molecule has 0 aromatic heterocycles. The number of likely N-dealkylation sites (tertiary alicyclic amines) is 1. The summed E-state index contributed by atoms with van der Waals surface area (Å²) in [5.74, 6) is -1.34. The van der Waals surface area contributed by atoms with E-state index in [1.807, 2.05) is 0 Å². The molecule has 2 saturated heterocycles. The van der Waals surface area contributed by atoms with Crippen LogP contribution in [0.4, 0.5) is 8.78 Å². The Morgan fingerprint density at radius 2 is 1.71 bits per heavy atom. The summed E-state index contributed by atoms with van der Waals surface area (Å²) in [6.07, 6.45) is 3.29. The van der Waals surface area contributed by atoms with Crippen molar-refractivity contribution in [2.45, 2.75) is 95.7 Å². The lowest BCUT2D eigenvalue weighted by Crippen LogP contribution is -2.72. The normalized spacial score (nSPS) is 38.7. The molecule has 5 unspecified atom stereocenters. The summed E-state index contributed by atoms with van der Waals surface area (Å²) in [5, 5.41) is 10.4. The van der Waals surface area contributed by atoms with Crippen LogP contribution in [0.15, 0.2) is 0 Å². The second-order valence-electron chi connectivity index (χ2n) is 11.0. The fourth-order valence-electron chi connectivity index (χ4n) is 5.47. The van der Waals surface area contributed by atoms with Gasteiger partial charge in [0.15, 0.2) is 0 Å². The first-order chi connectivity index (χ1) is 14.3. The Balaban J connectivity index is 1.73. The van der Waals surface area contributed by atoms with Crippen molar-refractivity contribution in [3.05, 3.63) is 0 Å². The Morgan fingerprint density at radius 1 is 1.10 bits per heavy atom. The number of alkyl halides is 2. The lowest BCUT2D eigenvalue weighted by Gasteiger charge is -2.47. The van der Waals surface area contributed by atoms with Gasteiger partial charge >= 0.3 is 0 Å². The van der Waals surface area contributed by atoms with Gasteiger partial charge in [0.05, 0.1) is 12.1 Å². The van der Waals surface area contributed by atoms with E-state index in [0.717, 1.165) is 25.9 Å². The zero-order valence-electron chi connectivity index (χ0n) is 19.5. The van der Waals surface area contributed by atoms with Crippen molar-refractivity contribution < 1.29 is 13.6 Å². The van der Waals surface area contributed by atoms with Gasteiger partial charge < -0.3 is 11.5 Å². The van der Waals surface area contributed by atoms with Crippen molar-refractivity contribution in [1.82, 2.24) is 20.9 Å². The number of hydrogen-bond donors (Lipinski definition) is 5. The molecule has 2 aliphatic heterocycles. The van der Waals surface area contributed by atoms with E-state index in [4.69, 9.17) is 11.5 Å². The van der Waals surface area contributed by atoms with Gasteiger partial charge in [0.25, 0.3) is 0 Å². The molecule has 6 atom stereocenters. The number of primary amides is 1. The van der Waals surface area contributed by atoms with E-state index >= 15 is 0 Å². The van der Waals surface area contributed by atoms with Crippen LogP contribution in [0.5, 0.6) is 0 Å². The molecule has 0 aromatic rings. The van der Waals surface area contributed by atoms with E-state index in [1.165, 1.54) is 0 Å². The molecule has 7 nitrogen and oxygen atoms in total. The standard InChI is InChI=1S/C22H42F2N6O/c1-21(2,23)13-8-14(22(3,4)24)10-16(9-13)28-19-17(18(26)31)11-27-20(29-19)30-7-5-6-15(25)12-30/h13-17,19-20,27-29H,5-12,25H2,1-4H3,(H2,26,31)/t13?,14?,15-,16?,17?,19?,20?/m0/s1. The number of rotatable bonds is 6. The molecule has 180 valence electrons. The number of carbonyl (C=O) groups is 1. The van der Waals surface area contributed by atoms with E-state index < -0.39 is 23.2 Å². The molecule has 3 fully saturated rings. The molecule has 0 spiro atoms. The molecule has 31 heavy (non-hydrogen) atoms. The highest BCUT2D eigenvalue weighted by Gasteiger charge is 2.45. The second-order valence-corrected chi connectivity index (χ2v) is 11.0. The molecule has 3 rings (SSSR count). The van der Waals surface area contributed by atoms with Gasteiger partial charge in [0, 0.05) is 31.7 Å². The first kappa shape index (κ1) is 24.8. The minimum Gasteiger partial charge on any atom is -0.369 e. The van der Waals surface area contributed by atoms with E-state index in [2.05, 4.69) is 20.9 Å². The Hall–Kier alpha value is -0.870.